The van der Waals surface area contributed by atoms with Crippen molar-refractivity contribution < 1.29 is 28.2 Å². The fourth-order valence-electron chi connectivity index (χ4n) is 4.55. The summed E-state index contributed by atoms with van der Waals surface area (Å²) in [6.07, 6.45) is 1.15. The molecule has 1 heterocycles. The summed E-state index contributed by atoms with van der Waals surface area (Å²) in [5.41, 5.74) is 2.28. The van der Waals surface area contributed by atoms with Crippen LogP contribution in [0, 0.1) is 5.82 Å². The highest BCUT2D eigenvalue weighted by Gasteiger charge is 2.22. The number of H-pyrrole nitrogens is 1. The maximum absolute atomic E-state index is 15.9. The molecule has 0 aliphatic heterocycles. The number of nitrogens with zero attached hydrogens (tertiary/aromatic N) is 1. The number of halogens is 1. The molecule has 2 N–H and O–H groups in total. The van der Waals surface area contributed by atoms with E-state index in [-0.39, 0.29) is 19.0 Å². The number of alkyl carbamates (subject to hydrolysis) is 1. The minimum Gasteiger partial charge on any atom is -0.489 e. The van der Waals surface area contributed by atoms with Gasteiger partial charge in [0.15, 0.2) is 0 Å². The van der Waals surface area contributed by atoms with Crippen LogP contribution in [0.15, 0.2) is 60.8 Å². The second-order valence-corrected chi connectivity index (χ2v) is 12.2. The van der Waals surface area contributed by atoms with Gasteiger partial charge in [0.1, 0.15) is 29.4 Å². The molecule has 0 aliphatic carbocycles. The molecule has 1 amide bonds. The monoisotopic (exact) mass is 575 g/mol. The maximum atomic E-state index is 15.9. The topological polar surface area (TPSA) is 103 Å². The molecule has 0 unspecified atom stereocenters. The normalized spacial score (nSPS) is 12.6. The van der Waals surface area contributed by atoms with Crippen molar-refractivity contribution in [2.45, 2.75) is 78.7 Å². The van der Waals surface area contributed by atoms with Gasteiger partial charge in [-0.1, -0.05) is 36.4 Å². The molecular weight excluding hydrogens is 537 g/mol. The third kappa shape index (κ3) is 7.87. The van der Waals surface area contributed by atoms with Crippen molar-refractivity contribution in [1.82, 2.24) is 15.5 Å². The van der Waals surface area contributed by atoms with Gasteiger partial charge in [-0.3, -0.25) is 9.89 Å². The molecule has 8 nitrogen and oxygen atoms in total. The first kappa shape index (κ1) is 30.6. The van der Waals surface area contributed by atoms with E-state index in [1.807, 2.05) is 51.1 Å². The average Bonchev–Trinajstić information content (AvgIpc) is 3.34. The molecule has 1 aromatic heterocycles. The number of carbonyl (C=O) groups is 2. The van der Waals surface area contributed by atoms with Gasteiger partial charge in [-0.05, 0) is 72.2 Å². The Labute approximate surface area is 245 Å². The summed E-state index contributed by atoms with van der Waals surface area (Å²) in [7, 11) is 0. The minimum atomic E-state index is -0.668. The van der Waals surface area contributed by atoms with Crippen LogP contribution in [0.1, 0.15) is 71.2 Å². The molecule has 1 atom stereocenters. The number of fused-ring (bicyclic) bond motifs is 1. The van der Waals surface area contributed by atoms with Crippen LogP contribution in [-0.4, -0.2) is 33.5 Å². The second-order valence-electron chi connectivity index (χ2n) is 12.2. The molecule has 42 heavy (non-hydrogen) atoms. The van der Waals surface area contributed by atoms with Gasteiger partial charge in [-0.2, -0.15) is 5.10 Å². The number of benzene rings is 3. The number of ether oxygens (including phenoxy) is 3. The Morgan fingerprint density at radius 2 is 1.67 bits per heavy atom. The lowest BCUT2D eigenvalue weighted by molar-refractivity contribution is -0.153. The fraction of sp³-hybridized carbons (Fsp3) is 0.364. The van der Waals surface area contributed by atoms with Crippen molar-refractivity contribution in [2.24, 2.45) is 0 Å². The Morgan fingerprint density at radius 1 is 0.952 bits per heavy atom. The van der Waals surface area contributed by atoms with Gasteiger partial charge in [0, 0.05) is 27.6 Å². The number of nitrogens with one attached hydrogen (secondary N) is 2. The molecule has 0 saturated heterocycles. The fourth-order valence-corrected chi connectivity index (χ4v) is 4.55. The molecular formula is C33H38FN3O5. The Hall–Kier alpha value is -4.40. The lowest BCUT2D eigenvalue weighted by Crippen LogP contribution is -2.34. The van der Waals surface area contributed by atoms with E-state index in [1.165, 1.54) is 0 Å². The highest BCUT2D eigenvalue weighted by Crippen LogP contribution is 2.32. The standard InChI is InChI=1S/C33H38FN3O5/c1-20(36-31(39)42-33(5,6)7)24-12-10-13-25(30(24)34)22-15-23(26-18-35-37-27(26)16-22)19-40-28-14-9-8-11-21(28)17-29(38)41-32(2,3)4/h8-16,18,20H,17,19H2,1-7H3,(H,35,37)(H,36,39)/t20-/m1/s1. The predicted octanol–water partition coefficient (Wildman–Crippen LogP) is 7.42. The molecule has 0 aliphatic rings. The molecule has 9 heteroatoms. The molecule has 0 radical (unpaired) electrons. The third-order valence-corrected chi connectivity index (χ3v) is 6.29. The van der Waals surface area contributed by atoms with E-state index in [4.69, 9.17) is 14.2 Å². The number of hydrogen-bond donors (Lipinski definition) is 2. The highest BCUT2D eigenvalue weighted by atomic mass is 19.1. The summed E-state index contributed by atoms with van der Waals surface area (Å²) >= 11 is 0. The zero-order chi connectivity index (χ0) is 30.7. The number of aromatic nitrogens is 2. The van der Waals surface area contributed by atoms with Crippen molar-refractivity contribution in [3.8, 4) is 16.9 Å². The molecule has 3 aromatic carbocycles. The van der Waals surface area contributed by atoms with Gasteiger partial charge in [0.2, 0.25) is 0 Å². The number of esters is 1. The van der Waals surface area contributed by atoms with Crippen LogP contribution in [0.2, 0.25) is 0 Å². The van der Waals surface area contributed by atoms with Crippen LogP contribution in [0.4, 0.5) is 9.18 Å². The molecule has 222 valence electrons. The Kier molecular flexibility index (Phi) is 8.89. The lowest BCUT2D eigenvalue weighted by Gasteiger charge is -2.22. The SMILES string of the molecule is C[C@@H](NC(=O)OC(C)(C)C)c1cccc(-c2cc(COc3ccccc3CC(=O)OC(C)(C)C)c3cn[nH]c3c2)c1F. The minimum absolute atomic E-state index is 0.0716. The molecule has 0 bridgehead atoms. The van der Waals surface area contributed by atoms with E-state index in [9.17, 15) is 9.59 Å². The van der Waals surface area contributed by atoms with Crippen molar-refractivity contribution >= 4 is 23.0 Å². The van der Waals surface area contributed by atoms with Gasteiger partial charge >= 0.3 is 12.1 Å². The average molecular weight is 576 g/mol. The second kappa shape index (κ2) is 12.2. The van der Waals surface area contributed by atoms with Crippen molar-refractivity contribution in [1.29, 1.82) is 0 Å². The largest absolute Gasteiger partial charge is 0.489 e. The van der Waals surface area contributed by atoms with Crippen molar-refractivity contribution in [2.75, 3.05) is 0 Å². The number of carbonyl (C=O) groups excluding carboxylic acids is 2. The number of rotatable bonds is 8. The van der Waals surface area contributed by atoms with Crippen LogP contribution in [-0.2, 0) is 27.3 Å². The van der Waals surface area contributed by atoms with Crippen LogP contribution in [0.25, 0.3) is 22.0 Å². The summed E-state index contributed by atoms with van der Waals surface area (Å²) in [5.74, 6) is -0.237. The number of para-hydroxylation sites is 1. The molecule has 4 rings (SSSR count). The Bertz CT molecular complexity index is 1580. The Balaban J connectivity index is 1.59. The zero-order valence-corrected chi connectivity index (χ0v) is 25.1. The van der Waals surface area contributed by atoms with E-state index >= 15 is 4.39 Å². The molecule has 4 aromatic rings. The van der Waals surface area contributed by atoms with Gasteiger partial charge < -0.3 is 19.5 Å². The van der Waals surface area contributed by atoms with Crippen LogP contribution < -0.4 is 10.1 Å². The van der Waals surface area contributed by atoms with Crippen molar-refractivity contribution in [3.63, 3.8) is 0 Å². The summed E-state index contributed by atoms with van der Waals surface area (Å²) < 4.78 is 32.9. The van der Waals surface area contributed by atoms with E-state index in [0.29, 0.717) is 28.0 Å². The first-order valence-corrected chi connectivity index (χ1v) is 13.9. The van der Waals surface area contributed by atoms with E-state index in [1.54, 1.807) is 58.2 Å². The van der Waals surface area contributed by atoms with Gasteiger partial charge in [0.25, 0.3) is 0 Å². The molecule has 0 spiro atoms. The van der Waals surface area contributed by atoms with E-state index in [2.05, 4.69) is 15.5 Å². The summed E-state index contributed by atoms with van der Waals surface area (Å²) in [6, 6.07) is 15.5. The molecule has 0 saturated carbocycles. The van der Waals surface area contributed by atoms with Gasteiger partial charge in [0.05, 0.1) is 24.2 Å². The van der Waals surface area contributed by atoms with Crippen LogP contribution >= 0.6 is 0 Å². The summed E-state index contributed by atoms with van der Waals surface area (Å²) in [5, 5.41) is 10.7. The first-order chi connectivity index (χ1) is 19.7. The maximum Gasteiger partial charge on any atom is 0.408 e. The number of amides is 1. The number of hydrogen-bond acceptors (Lipinski definition) is 6. The number of aromatic amines is 1. The van der Waals surface area contributed by atoms with E-state index < -0.39 is 29.2 Å². The predicted molar refractivity (Wildman–Crippen MR) is 160 cm³/mol. The summed E-state index contributed by atoms with van der Waals surface area (Å²) in [6.45, 7) is 12.7. The lowest BCUT2D eigenvalue weighted by atomic mass is 9.96. The highest BCUT2D eigenvalue weighted by molar-refractivity contribution is 5.87. The van der Waals surface area contributed by atoms with Gasteiger partial charge in [-0.25, -0.2) is 9.18 Å². The van der Waals surface area contributed by atoms with Crippen molar-refractivity contribution in [3.05, 3.63) is 83.3 Å². The summed E-state index contributed by atoms with van der Waals surface area (Å²) in [4.78, 5) is 24.8. The third-order valence-electron chi connectivity index (χ3n) is 6.29. The van der Waals surface area contributed by atoms with Crippen LogP contribution in [0.5, 0.6) is 5.75 Å². The Morgan fingerprint density at radius 3 is 2.38 bits per heavy atom. The quantitative estimate of drug-likeness (QED) is 0.212. The first-order valence-electron chi connectivity index (χ1n) is 13.9. The zero-order valence-electron chi connectivity index (χ0n) is 25.1. The van der Waals surface area contributed by atoms with E-state index in [0.717, 1.165) is 16.5 Å². The van der Waals surface area contributed by atoms with Crippen LogP contribution in [0.3, 0.4) is 0 Å². The smallest absolute Gasteiger partial charge is 0.408 e. The molecule has 0 fully saturated rings. The van der Waals surface area contributed by atoms with Gasteiger partial charge in [-0.15, -0.1) is 0 Å².